The average molecular weight is 703 g/mol. The van der Waals surface area contributed by atoms with Gasteiger partial charge in [0.05, 0.1) is 0 Å². The second kappa shape index (κ2) is 15.6. The van der Waals surface area contributed by atoms with Crippen molar-refractivity contribution in [2.75, 3.05) is 0 Å². The smallest absolute Gasteiger partial charge is 0.344 e. The van der Waals surface area contributed by atoms with Crippen molar-refractivity contribution < 1.29 is 68.5 Å². The normalized spacial score (nSPS) is 30.1. The van der Waals surface area contributed by atoms with Crippen LogP contribution in [0.15, 0.2) is 54.6 Å². The molecule has 0 aliphatic carbocycles. The van der Waals surface area contributed by atoms with E-state index in [0.29, 0.717) is 18.8 Å². The number of benzene rings is 1. The van der Waals surface area contributed by atoms with Crippen LogP contribution >= 0.6 is 0 Å². The third-order valence-electron chi connectivity index (χ3n) is 9.29. The van der Waals surface area contributed by atoms with E-state index in [9.17, 15) is 49.5 Å². The molecule has 14 heteroatoms. The van der Waals surface area contributed by atoms with E-state index in [1.54, 1.807) is 6.92 Å². The van der Waals surface area contributed by atoms with Crippen molar-refractivity contribution in [3.8, 4) is 0 Å². The van der Waals surface area contributed by atoms with Gasteiger partial charge in [-0.05, 0) is 42.2 Å². The molecule has 49 heavy (non-hydrogen) atoms. The molecular formula is C35H46O14. The third kappa shape index (κ3) is 7.88. The van der Waals surface area contributed by atoms with Gasteiger partial charge in [-0.2, -0.15) is 0 Å². The Bertz CT molecular complexity index is 1440. The molecule has 3 rings (SSSR count). The van der Waals surface area contributed by atoms with Crippen LogP contribution in [-0.4, -0.2) is 96.8 Å². The highest BCUT2D eigenvalue weighted by Gasteiger charge is 2.85. The first-order valence-corrected chi connectivity index (χ1v) is 16.1. The van der Waals surface area contributed by atoms with E-state index in [1.807, 2.05) is 51.1 Å². The van der Waals surface area contributed by atoms with E-state index in [-0.39, 0.29) is 23.8 Å². The number of aliphatic hydroxyl groups is 2. The number of aliphatic hydroxyl groups excluding tert-OH is 1. The largest absolute Gasteiger partial charge is 0.479 e. The Morgan fingerprint density at radius 3 is 2.20 bits per heavy atom. The van der Waals surface area contributed by atoms with Crippen LogP contribution in [0.3, 0.4) is 0 Å². The summed E-state index contributed by atoms with van der Waals surface area (Å²) >= 11 is 0. The molecule has 2 fully saturated rings. The molecule has 0 aromatic heterocycles. The summed E-state index contributed by atoms with van der Waals surface area (Å²) in [7, 11) is 0. The summed E-state index contributed by atoms with van der Waals surface area (Å²) in [5, 5.41) is 53.5. The number of fused-ring (bicyclic) bond motifs is 2. The van der Waals surface area contributed by atoms with Crippen LogP contribution in [0.4, 0.5) is 0 Å². The van der Waals surface area contributed by atoms with Gasteiger partial charge in [0.2, 0.25) is 23.1 Å². The molecule has 2 heterocycles. The summed E-state index contributed by atoms with van der Waals surface area (Å²) < 4.78 is 22.0. The first-order chi connectivity index (χ1) is 22.9. The van der Waals surface area contributed by atoms with Crippen LogP contribution in [-0.2, 0) is 49.3 Å². The number of carboxylic acids is 3. The topological polar surface area (TPSA) is 223 Å². The van der Waals surface area contributed by atoms with E-state index in [2.05, 4.69) is 6.58 Å². The van der Waals surface area contributed by atoms with Gasteiger partial charge in [-0.3, -0.25) is 4.79 Å². The molecule has 5 N–H and O–H groups in total. The summed E-state index contributed by atoms with van der Waals surface area (Å²) in [6.45, 7) is 12.9. The van der Waals surface area contributed by atoms with Crippen molar-refractivity contribution in [3.63, 3.8) is 0 Å². The fourth-order valence-corrected chi connectivity index (χ4v) is 6.58. The molecule has 0 radical (unpaired) electrons. The van der Waals surface area contributed by atoms with E-state index < -0.39 is 77.7 Å². The number of rotatable bonds is 17. The van der Waals surface area contributed by atoms with Crippen molar-refractivity contribution in [2.24, 2.45) is 17.8 Å². The van der Waals surface area contributed by atoms with Crippen molar-refractivity contribution in [1.29, 1.82) is 0 Å². The van der Waals surface area contributed by atoms with Crippen LogP contribution in [0.25, 0.3) is 0 Å². The van der Waals surface area contributed by atoms with E-state index >= 15 is 0 Å². The molecule has 0 spiro atoms. The van der Waals surface area contributed by atoms with Gasteiger partial charge in [0.15, 0.2) is 6.10 Å². The van der Waals surface area contributed by atoms with E-state index in [4.69, 9.17) is 18.9 Å². The maximum absolute atomic E-state index is 13.0. The molecule has 0 unspecified atom stereocenters. The predicted molar refractivity (Wildman–Crippen MR) is 171 cm³/mol. The summed E-state index contributed by atoms with van der Waals surface area (Å²) in [5.41, 5.74) is -6.27. The van der Waals surface area contributed by atoms with Gasteiger partial charge >= 0.3 is 29.8 Å². The summed E-state index contributed by atoms with van der Waals surface area (Å²) in [5.74, 6) is -11.3. The zero-order chi connectivity index (χ0) is 36.9. The Balaban J connectivity index is 2.02. The lowest BCUT2D eigenvalue weighted by Crippen LogP contribution is -2.78. The summed E-state index contributed by atoms with van der Waals surface area (Å²) in [6, 6.07) is 9.29. The van der Waals surface area contributed by atoms with Crippen molar-refractivity contribution >= 4 is 29.8 Å². The summed E-state index contributed by atoms with van der Waals surface area (Å²) in [4.78, 5) is 63.0. The monoisotopic (exact) mass is 702 g/mol. The molecule has 1 aromatic carbocycles. The molecule has 0 amide bonds. The molecular weight excluding hydrogens is 656 g/mol. The van der Waals surface area contributed by atoms with Gasteiger partial charge < -0.3 is 44.5 Å². The van der Waals surface area contributed by atoms with E-state index in [1.165, 1.54) is 13.0 Å². The molecule has 10 atom stereocenters. The number of allylic oxidation sites excluding steroid dienone is 1. The fraction of sp³-hybridized carbons (Fsp3) is 0.571. The Kier molecular flexibility index (Phi) is 12.5. The van der Waals surface area contributed by atoms with Gasteiger partial charge in [0.1, 0.15) is 12.2 Å². The lowest BCUT2D eigenvalue weighted by atomic mass is 9.74. The zero-order valence-electron chi connectivity index (χ0n) is 28.2. The van der Waals surface area contributed by atoms with Gasteiger partial charge in [0, 0.05) is 25.3 Å². The fourth-order valence-electron chi connectivity index (χ4n) is 6.58. The van der Waals surface area contributed by atoms with Gasteiger partial charge in [-0.15, -0.1) is 0 Å². The van der Waals surface area contributed by atoms with Crippen LogP contribution < -0.4 is 0 Å². The van der Waals surface area contributed by atoms with Crippen LogP contribution in [0, 0.1) is 17.8 Å². The number of carbonyl (C=O) groups excluding carboxylic acids is 2. The first kappa shape index (κ1) is 39.3. The Labute approximate surface area is 284 Å². The average Bonchev–Trinajstić information content (AvgIpc) is 3.25. The first-order valence-electron chi connectivity index (χ1n) is 16.1. The molecule has 270 valence electrons. The lowest BCUT2D eigenvalue weighted by molar-refractivity contribution is -0.374. The lowest BCUT2D eigenvalue weighted by Gasteiger charge is -2.48. The van der Waals surface area contributed by atoms with Gasteiger partial charge in [-0.25, -0.2) is 19.2 Å². The van der Waals surface area contributed by atoms with Crippen LogP contribution in [0.5, 0.6) is 0 Å². The number of ether oxygens (including phenoxy) is 4. The maximum atomic E-state index is 13.0. The quantitative estimate of drug-likeness (QED) is 0.0895. The SMILES string of the molecule is C=C(CC[C@]12O[C@H](C(=O)O)[C@@](O)(C(=O)O)[C@](C(=O)O)(O1)[C@H](OC(=O)/C=C/[C@@H](C)C[C@@H](C)CC)[C@H]2O)[C@@H](OC(C)=O)[C@H](C)C[14c]1[14cH][14cH][14cH][14cH][14cH]1. The summed E-state index contributed by atoms with van der Waals surface area (Å²) in [6.07, 6.45) is -4.83. The Morgan fingerprint density at radius 1 is 1.04 bits per heavy atom. The molecule has 2 aliphatic heterocycles. The number of hydrogen-bond donors (Lipinski definition) is 5. The van der Waals surface area contributed by atoms with Crippen LogP contribution in [0.2, 0.25) is 0 Å². The molecule has 0 saturated carbocycles. The molecule has 2 aliphatic rings. The number of aliphatic carboxylic acids is 3. The highest BCUT2D eigenvalue weighted by atomic mass is 16.8. The zero-order valence-corrected chi connectivity index (χ0v) is 28.2. The van der Waals surface area contributed by atoms with Crippen molar-refractivity contribution in [1.82, 2.24) is 0 Å². The minimum Gasteiger partial charge on any atom is -0.479 e. The Morgan fingerprint density at radius 2 is 1.67 bits per heavy atom. The number of carboxylic acid groups (broad SMARTS) is 3. The van der Waals surface area contributed by atoms with Crippen molar-refractivity contribution in [2.45, 2.75) is 108 Å². The van der Waals surface area contributed by atoms with E-state index in [0.717, 1.165) is 18.1 Å². The number of hydrogen-bond acceptors (Lipinski definition) is 11. The maximum Gasteiger partial charge on any atom is 0.344 e. The minimum atomic E-state index is -3.90. The minimum absolute atomic E-state index is 0.123. The van der Waals surface area contributed by atoms with Gasteiger partial charge in [-0.1, -0.05) is 77.1 Å². The van der Waals surface area contributed by atoms with Gasteiger partial charge in [0.25, 0.3) is 0 Å². The standard InChI is InChI=1S/C35H46O14/c1-7-19(2)17-20(3)13-14-25(37)47-28-27(38)33(48-29(30(39)40)34(45,31(41)42)35(28,49-33)32(43)44)16-15-21(4)26(46-23(6)36)22(5)18-24-11-9-8-10-12-24/h8-14,19-20,22,26-29,38,45H,4,7,15-18H2,1-3,5-6H3,(H,39,40)(H,41,42)(H,43,44)/b14-13+/t19-,20+,22+,26+,27+,28+,29+,33-,34+,35-/m0/s1/i8+2,9+2,10+2,11+2,12+2,24+2. The molecule has 14 nitrogen and oxygen atoms in total. The highest BCUT2D eigenvalue weighted by Crippen LogP contribution is 2.56. The number of esters is 2. The third-order valence-corrected chi connectivity index (χ3v) is 9.29. The molecule has 2 saturated heterocycles. The number of carbonyl (C=O) groups is 5. The predicted octanol–water partition coefficient (Wildman–Crippen LogP) is 2.88. The molecule has 1 aromatic rings. The molecule has 2 bridgehead atoms. The second-order valence-corrected chi connectivity index (χ2v) is 13.1. The second-order valence-electron chi connectivity index (χ2n) is 13.1. The van der Waals surface area contributed by atoms with Crippen LogP contribution in [0.1, 0.15) is 65.9 Å². The Hall–Kier alpha value is -4.11. The van der Waals surface area contributed by atoms with Crippen molar-refractivity contribution in [3.05, 3.63) is 60.2 Å². The highest BCUT2D eigenvalue weighted by molar-refractivity contribution is 5.98.